The number of hydrogen-bond donors (Lipinski definition) is 1. The lowest BCUT2D eigenvalue weighted by atomic mass is 10.1. The minimum Gasteiger partial charge on any atom is -0.313 e. The van der Waals surface area contributed by atoms with Crippen LogP contribution in [0.2, 0.25) is 0 Å². The lowest BCUT2D eigenvalue weighted by Gasteiger charge is -2.14. The molecule has 1 N–H and O–H groups in total. The SMILES string of the molecule is c1ccc(C2CC2NCCCN2CCCC2)cc1. The van der Waals surface area contributed by atoms with Crippen LogP contribution in [-0.2, 0) is 0 Å². The molecular weight excluding hydrogens is 220 g/mol. The van der Waals surface area contributed by atoms with E-state index in [1.807, 2.05) is 0 Å². The highest BCUT2D eigenvalue weighted by molar-refractivity contribution is 5.27. The molecule has 3 rings (SSSR count). The normalized spacial score (nSPS) is 27.6. The molecule has 0 bridgehead atoms. The molecule has 0 amide bonds. The number of likely N-dealkylation sites (tertiary alicyclic amines) is 1. The molecule has 1 aliphatic heterocycles. The van der Waals surface area contributed by atoms with Gasteiger partial charge in [-0.25, -0.2) is 0 Å². The fourth-order valence-electron chi connectivity index (χ4n) is 3.09. The molecule has 1 saturated heterocycles. The molecule has 18 heavy (non-hydrogen) atoms. The van der Waals surface area contributed by atoms with Crippen LogP contribution >= 0.6 is 0 Å². The lowest BCUT2D eigenvalue weighted by molar-refractivity contribution is 0.331. The van der Waals surface area contributed by atoms with Crippen molar-refractivity contribution in [3.8, 4) is 0 Å². The number of hydrogen-bond acceptors (Lipinski definition) is 2. The Morgan fingerprint density at radius 1 is 1.11 bits per heavy atom. The molecule has 1 aromatic rings. The van der Waals surface area contributed by atoms with Crippen molar-refractivity contribution in [1.29, 1.82) is 0 Å². The van der Waals surface area contributed by atoms with Crippen molar-refractivity contribution in [2.24, 2.45) is 0 Å². The molecule has 2 fully saturated rings. The van der Waals surface area contributed by atoms with Gasteiger partial charge in [0.25, 0.3) is 0 Å². The van der Waals surface area contributed by atoms with Crippen molar-refractivity contribution < 1.29 is 0 Å². The van der Waals surface area contributed by atoms with Gasteiger partial charge in [0.1, 0.15) is 0 Å². The Morgan fingerprint density at radius 3 is 2.67 bits per heavy atom. The zero-order valence-electron chi connectivity index (χ0n) is 11.1. The van der Waals surface area contributed by atoms with Gasteiger partial charge >= 0.3 is 0 Å². The standard InChI is InChI=1S/C16H24N2/c1-2-7-14(8-3-1)15-13-16(15)17-9-6-12-18-10-4-5-11-18/h1-3,7-8,15-17H,4-6,9-13H2. The summed E-state index contributed by atoms with van der Waals surface area (Å²) in [7, 11) is 0. The van der Waals surface area contributed by atoms with Crippen LogP contribution in [-0.4, -0.2) is 37.1 Å². The Morgan fingerprint density at radius 2 is 1.89 bits per heavy atom. The molecule has 0 aromatic heterocycles. The first-order chi connectivity index (χ1) is 8.93. The molecule has 2 heteroatoms. The summed E-state index contributed by atoms with van der Waals surface area (Å²) in [5.74, 6) is 0.776. The molecule has 0 spiro atoms. The Bertz CT molecular complexity index is 357. The van der Waals surface area contributed by atoms with Crippen molar-refractivity contribution in [1.82, 2.24) is 10.2 Å². The van der Waals surface area contributed by atoms with E-state index >= 15 is 0 Å². The minimum absolute atomic E-state index is 0.742. The quantitative estimate of drug-likeness (QED) is 0.774. The number of rotatable bonds is 6. The van der Waals surface area contributed by atoms with Crippen molar-refractivity contribution >= 4 is 0 Å². The Kier molecular flexibility index (Phi) is 3.96. The van der Waals surface area contributed by atoms with Crippen LogP contribution in [0, 0.1) is 0 Å². The van der Waals surface area contributed by atoms with Gasteiger partial charge in [0, 0.05) is 12.0 Å². The van der Waals surface area contributed by atoms with Crippen LogP contribution in [0.3, 0.4) is 0 Å². The van der Waals surface area contributed by atoms with E-state index in [1.165, 1.54) is 57.4 Å². The van der Waals surface area contributed by atoms with Crippen LogP contribution in [0.15, 0.2) is 30.3 Å². The monoisotopic (exact) mass is 244 g/mol. The van der Waals surface area contributed by atoms with Crippen LogP contribution in [0.5, 0.6) is 0 Å². The molecule has 1 saturated carbocycles. The summed E-state index contributed by atoms with van der Waals surface area (Å²) in [6.07, 6.45) is 5.45. The maximum absolute atomic E-state index is 3.70. The first-order valence-corrected chi connectivity index (χ1v) is 7.44. The summed E-state index contributed by atoms with van der Waals surface area (Å²) in [5, 5.41) is 3.70. The summed E-state index contributed by atoms with van der Waals surface area (Å²) in [6.45, 7) is 5.13. The van der Waals surface area contributed by atoms with E-state index < -0.39 is 0 Å². The number of nitrogens with zero attached hydrogens (tertiary/aromatic N) is 1. The highest BCUT2D eigenvalue weighted by atomic mass is 15.1. The largest absolute Gasteiger partial charge is 0.313 e. The van der Waals surface area contributed by atoms with E-state index in [1.54, 1.807) is 0 Å². The fourth-order valence-corrected chi connectivity index (χ4v) is 3.09. The fraction of sp³-hybridized carbons (Fsp3) is 0.625. The van der Waals surface area contributed by atoms with Gasteiger partial charge in [0.15, 0.2) is 0 Å². The second-order valence-electron chi connectivity index (χ2n) is 5.72. The highest BCUT2D eigenvalue weighted by Gasteiger charge is 2.37. The second kappa shape index (κ2) is 5.85. The molecule has 2 nitrogen and oxygen atoms in total. The van der Waals surface area contributed by atoms with Crippen molar-refractivity contribution in [3.63, 3.8) is 0 Å². The molecule has 2 unspecified atom stereocenters. The second-order valence-corrected chi connectivity index (χ2v) is 5.72. The average molecular weight is 244 g/mol. The number of benzene rings is 1. The highest BCUT2D eigenvalue weighted by Crippen LogP contribution is 2.40. The van der Waals surface area contributed by atoms with Gasteiger partial charge in [-0.3, -0.25) is 0 Å². The Balaban J connectivity index is 1.31. The molecule has 0 radical (unpaired) electrons. The van der Waals surface area contributed by atoms with E-state index in [0.29, 0.717) is 0 Å². The van der Waals surface area contributed by atoms with Crippen LogP contribution in [0.4, 0.5) is 0 Å². The Labute approximate surface area is 110 Å². The third kappa shape index (κ3) is 3.12. The maximum Gasteiger partial charge on any atom is 0.0143 e. The predicted octanol–water partition coefficient (Wildman–Crippen LogP) is 2.62. The van der Waals surface area contributed by atoms with Crippen LogP contribution in [0.1, 0.15) is 37.2 Å². The first-order valence-electron chi connectivity index (χ1n) is 7.44. The molecule has 2 aliphatic rings. The van der Waals surface area contributed by atoms with Gasteiger partial charge in [-0.1, -0.05) is 30.3 Å². The predicted molar refractivity (Wildman–Crippen MR) is 75.9 cm³/mol. The van der Waals surface area contributed by atoms with Crippen molar-refractivity contribution in [3.05, 3.63) is 35.9 Å². The van der Waals surface area contributed by atoms with Gasteiger partial charge in [-0.15, -0.1) is 0 Å². The minimum atomic E-state index is 0.742. The topological polar surface area (TPSA) is 15.3 Å². The van der Waals surface area contributed by atoms with E-state index in [0.717, 1.165) is 12.0 Å². The zero-order valence-corrected chi connectivity index (χ0v) is 11.1. The number of nitrogens with one attached hydrogen (secondary N) is 1. The van der Waals surface area contributed by atoms with E-state index in [4.69, 9.17) is 0 Å². The maximum atomic E-state index is 3.70. The third-order valence-electron chi connectivity index (χ3n) is 4.27. The molecule has 1 heterocycles. The molecule has 98 valence electrons. The first kappa shape index (κ1) is 12.2. The summed E-state index contributed by atoms with van der Waals surface area (Å²) in [5.41, 5.74) is 1.51. The molecule has 2 atom stereocenters. The van der Waals surface area contributed by atoms with Crippen molar-refractivity contribution in [2.45, 2.75) is 37.6 Å². The van der Waals surface area contributed by atoms with Gasteiger partial charge in [-0.05, 0) is 57.4 Å². The van der Waals surface area contributed by atoms with Crippen LogP contribution < -0.4 is 5.32 Å². The summed E-state index contributed by atoms with van der Waals surface area (Å²) >= 11 is 0. The van der Waals surface area contributed by atoms with Gasteiger partial charge in [-0.2, -0.15) is 0 Å². The lowest BCUT2D eigenvalue weighted by Crippen LogP contribution is -2.26. The molecular formula is C16H24N2. The van der Waals surface area contributed by atoms with Gasteiger partial charge < -0.3 is 10.2 Å². The third-order valence-corrected chi connectivity index (χ3v) is 4.27. The molecule has 1 aromatic carbocycles. The summed E-state index contributed by atoms with van der Waals surface area (Å²) in [6, 6.07) is 11.7. The van der Waals surface area contributed by atoms with E-state index in [9.17, 15) is 0 Å². The molecule has 1 aliphatic carbocycles. The van der Waals surface area contributed by atoms with Crippen molar-refractivity contribution in [2.75, 3.05) is 26.2 Å². The van der Waals surface area contributed by atoms with Gasteiger partial charge in [0.2, 0.25) is 0 Å². The van der Waals surface area contributed by atoms with E-state index in [2.05, 4.69) is 40.5 Å². The summed E-state index contributed by atoms with van der Waals surface area (Å²) < 4.78 is 0. The van der Waals surface area contributed by atoms with Gasteiger partial charge in [0.05, 0.1) is 0 Å². The van der Waals surface area contributed by atoms with E-state index in [-0.39, 0.29) is 0 Å². The Hall–Kier alpha value is -0.860. The average Bonchev–Trinajstić information content (AvgIpc) is 3.01. The summed E-state index contributed by atoms with van der Waals surface area (Å²) in [4.78, 5) is 2.60. The van der Waals surface area contributed by atoms with Crippen LogP contribution in [0.25, 0.3) is 0 Å². The smallest absolute Gasteiger partial charge is 0.0143 e. The zero-order chi connectivity index (χ0) is 12.2.